The highest BCUT2D eigenvalue weighted by atomic mass is 19.1. The van der Waals surface area contributed by atoms with Gasteiger partial charge in [0, 0.05) is 35.8 Å². The molecule has 1 saturated carbocycles. The second kappa shape index (κ2) is 6.02. The average molecular weight is 375 g/mol. The fourth-order valence-electron chi connectivity index (χ4n) is 3.60. The van der Waals surface area contributed by atoms with Gasteiger partial charge < -0.3 is 15.6 Å². The van der Waals surface area contributed by atoms with Gasteiger partial charge in [-0.1, -0.05) is 18.2 Å². The number of carbonyl (C=O) groups excluding carboxylic acids is 1. The molecule has 2 atom stereocenters. The van der Waals surface area contributed by atoms with Crippen molar-refractivity contribution in [1.29, 1.82) is 0 Å². The number of alkyl halides is 1. The van der Waals surface area contributed by atoms with Crippen molar-refractivity contribution in [2.24, 2.45) is 13.0 Å². The molecule has 1 amide bonds. The fraction of sp³-hybridized carbons (Fsp3) is 0.190. The number of nitrogens with two attached hydrogens (primary N) is 1. The summed E-state index contributed by atoms with van der Waals surface area (Å²) in [5.41, 5.74) is 8.97. The van der Waals surface area contributed by atoms with Crippen LogP contribution < -0.4 is 11.1 Å². The molecule has 4 aromatic rings. The van der Waals surface area contributed by atoms with Crippen LogP contribution in [0.1, 0.15) is 6.42 Å². The molecule has 1 aliphatic carbocycles. The van der Waals surface area contributed by atoms with Crippen LogP contribution in [0.5, 0.6) is 0 Å². The molecule has 0 unspecified atom stereocenters. The zero-order valence-electron chi connectivity index (χ0n) is 15.2. The summed E-state index contributed by atoms with van der Waals surface area (Å²) >= 11 is 0. The van der Waals surface area contributed by atoms with Crippen LogP contribution in [0.4, 0.5) is 16.0 Å². The molecule has 5 rings (SSSR count). The summed E-state index contributed by atoms with van der Waals surface area (Å²) in [6, 6.07) is 11.8. The second-order valence-corrected chi connectivity index (χ2v) is 7.20. The average Bonchev–Trinajstić information content (AvgIpc) is 3.30. The van der Waals surface area contributed by atoms with Crippen LogP contribution >= 0.6 is 0 Å². The maximum absolute atomic E-state index is 13.1. The maximum Gasteiger partial charge on any atom is 0.231 e. The molecule has 3 N–H and O–H groups in total. The number of fused-ring (bicyclic) bond motifs is 2. The molecular weight excluding hydrogens is 357 g/mol. The Kier molecular flexibility index (Phi) is 3.58. The molecular formula is C21H18FN5O. The number of hydrogen-bond acceptors (Lipinski definition) is 4. The molecule has 0 spiro atoms. The van der Waals surface area contributed by atoms with E-state index in [-0.39, 0.29) is 12.3 Å². The van der Waals surface area contributed by atoms with Crippen LogP contribution in [0.2, 0.25) is 0 Å². The van der Waals surface area contributed by atoms with E-state index in [1.165, 1.54) is 0 Å². The van der Waals surface area contributed by atoms with Gasteiger partial charge in [-0.2, -0.15) is 0 Å². The summed E-state index contributed by atoms with van der Waals surface area (Å²) in [6.45, 7) is 0. The van der Waals surface area contributed by atoms with Gasteiger partial charge in [-0.25, -0.2) is 14.4 Å². The molecule has 7 heteroatoms. The van der Waals surface area contributed by atoms with Gasteiger partial charge in [-0.05, 0) is 30.0 Å². The van der Waals surface area contributed by atoms with Crippen LogP contribution in [0, 0.1) is 5.92 Å². The second-order valence-electron chi connectivity index (χ2n) is 7.20. The largest absolute Gasteiger partial charge is 0.383 e. The monoisotopic (exact) mass is 375 g/mol. The maximum atomic E-state index is 13.1. The molecule has 140 valence electrons. The third kappa shape index (κ3) is 2.67. The Bertz CT molecular complexity index is 1250. The summed E-state index contributed by atoms with van der Waals surface area (Å²) in [5.74, 6) is -0.152. The SMILES string of the molecule is Cn1ccc2cccc(-c3cc4cc(NC(=O)[C@H]5C[C@H]5F)ncc4c(N)n3)c21. The van der Waals surface area contributed by atoms with E-state index >= 15 is 0 Å². The zero-order valence-corrected chi connectivity index (χ0v) is 15.2. The Morgan fingerprint density at radius 2 is 2.11 bits per heavy atom. The van der Waals surface area contributed by atoms with Crippen molar-refractivity contribution in [1.82, 2.24) is 14.5 Å². The number of rotatable bonds is 3. The number of para-hydroxylation sites is 1. The third-order valence-corrected chi connectivity index (χ3v) is 5.22. The number of benzene rings is 1. The van der Waals surface area contributed by atoms with Crippen molar-refractivity contribution in [3.05, 3.63) is 48.8 Å². The summed E-state index contributed by atoms with van der Waals surface area (Å²) < 4.78 is 15.2. The number of amides is 1. The summed E-state index contributed by atoms with van der Waals surface area (Å²) in [7, 11) is 1.99. The Morgan fingerprint density at radius 3 is 2.89 bits per heavy atom. The molecule has 0 radical (unpaired) electrons. The van der Waals surface area contributed by atoms with Crippen LogP contribution in [-0.2, 0) is 11.8 Å². The number of aryl methyl sites for hydroxylation is 1. The summed E-state index contributed by atoms with van der Waals surface area (Å²) in [6.07, 6.45) is 2.82. The van der Waals surface area contributed by atoms with E-state index in [1.54, 1.807) is 12.3 Å². The number of pyridine rings is 2. The molecule has 0 bridgehead atoms. The lowest BCUT2D eigenvalue weighted by Crippen LogP contribution is -2.15. The molecule has 6 nitrogen and oxygen atoms in total. The number of aromatic nitrogens is 3. The number of halogens is 1. The van der Waals surface area contributed by atoms with Crippen molar-refractivity contribution in [3.8, 4) is 11.3 Å². The quantitative estimate of drug-likeness (QED) is 0.572. The third-order valence-electron chi connectivity index (χ3n) is 5.22. The first kappa shape index (κ1) is 16.7. The molecule has 3 heterocycles. The van der Waals surface area contributed by atoms with Gasteiger partial charge in [0.1, 0.15) is 17.8 Å². The predicted molar refractivity (Wildman–Crippen MR) is 107 cm³/mol. The standard InChI is InChI=1S/C21H18FN5O/c1-27-6-5-11-3-2-4-13(19(11)27)17-7-12-8-18(24-10-15(12)20(23)25-17)26-21(28)14-9-16(14)22/h2-8,10,14,16H,9H2,1H3,(H2,23,25)(H,24,26,28)/t14-,16+/m0/s1. The number of nitrogens with one attached hydrogen (secondary N) is 1. The molecule has 28 heavy (non-hydrogen) atoms. The van der Waals surface area contributed by atoms with E-state index in [0.717, 1.165) is 27.5 Å². The van der Waals surface area contributed by atoms with Gasteiger partial charge in [-0.15, -0.1) is 0 Å². The lowest BCUT2D eigenvalue weighted by atomic mass is 10.1. The Balaban J connectivity index is 1.60. The minimum absolute atomic E-state index is 0.279. The first-order valence-electron chi connectivity index (χ1n) is 9.07. The van der Waals surface area contributed by atoms with Crippen molar-refractivity contribution >= 4 is 39.2 Å². The van der Waals surface area contributed by atoms with Crippen LogP contribution in [0.3, 0.4) is 0 Å². The van der Waals surface area contributed by atoms with E-state index in [1.807, 2.05) is 36.0 Å². The Hall–Kier alpha value is -3.48. The summed E-state index contributed by atoms with van der Waals surface area (Å²) in [5, 5.41) is 5.32. The topological polar surface area (TPSA) is 85.8 Å². The first-order valence-corrected chi connectivity index (χ1v) is 9.07. The number of anilines is 2. The highest BCUT2D eigenvalue weighted by Crippen LogP contribution is 2.35. The van der Waals surface area contributed by atoms with Crippen molar-refractivity contribution in [3.63, 3.8) is 0 Å². The predicted octanol–water partition coefficient (Wildman–Crippen LogP) is 3.67. The molecule has 0 saturated heterocycles. The number of carbonyl (C=O) groups is 1. The fourth-order valence-corrected chi connectivity index (χ4v) is 3.60. The zero-order chi connectivity index (χ0) is 19.4. The van der Waals surface area contributed by atoms with Crippen molar-refractivity contribution in [2.75, 3.05) is 11.1 Å². The number of nitrogen functional groups attached to an aromatic ring is 1. The normalized spacial score (nSPS) is 18.5. The van der Waals surface area contributed by atoms with Crippen LogP contribution in [0.15, 0.2) is 48.8 Å². The van der Waals surface area contributed by atoms with Gasteiger partial charge in [0.05, 0.1) is 17.1 Å². The van der Waals surface area contributed by atoms with Crippen LogP contribution in [-0.4, -0.2) is 26.6 Å². The van der Waals surface area contributed by atoms with E-state index in [4.69, 9.17) is 5.73 Å². The van der Waals surface area contributed by atoms with E-state index in [9.17, 15) is 9.18 Å². The minimum Gasteiger partial charge on any atom is -0.383 e. The van der Waals surface area contributed by atoms with Gasteiger partial charge in [0.25, 0.3) is 0 Å². The highest BCUT2D eigenvalue weighted by molar-refractivity contribution is 6.00. The minimum atomic E-state index is -1.04. The molecule has 1 aliphatic rings. The smallest absolute Gasteiger partial charge is 0.231 e. The van der Waals surface area contributed by atoms with Gasteiger partial charge in [0.2, 0.25) is 5.91 Å². The van der Waals surface area contributed by atoms with E-state index < -0.39 is 12.1 Å². The lowest BCUT2D eigenvalue weighted by Gasteiger charge is -2.10. The molecule has 1 aromatic carbocycles. The van der Waals surface area contributed by atoms with Gasteiger partial charge >= 0.3 is 0 Å². The Morgan fingerprint density at radius 1 is 1.29 bits per heavy atom. The lowest BCUT2D eigenvalue weighted by molar-refractivity contribution is -0.117. The van der Waals surface area contributed by atoms with E-state index in [2.05, 4.69) is 27.4 Å². The first-order chi connectivity index (χ1) is 13.5. The van der Waals surface area contributed by atoms with Crippen molar-refractivity contribution < 1.29 is 9.18 Å². The van der Waals surface area contributed by atoms with E-state index in [0.29, 0.717) is 17.0 Å². The van der Waals surface area contributed by atoms with Gasteiger partial charge in [-0.3, -0.25) is 4.79 Å². The van der Waals surface area contributed by atoms with Gasteiger partial charge in [0.15, 0.2) is 0 Å². The summed E-state index contributed by atoms with van der Waals surface area (Å²) in [4.78, 5) is 20.8. The molecule has 1 fully saturated rings. The highest BCUT2D eigenvalue weighted by Gasteiger charge is 2.43. The Labute approximate surface area is 160 Å². The number of nitrogens with zero attached hydrogens (tertiary/aromatic N) is 3. The number of hydrogen-bond donors (Lipinski definition) is 2. The van der Waals surface area contributed by atoms with Crippen LogP contribution in [0.25, 0.3) is 32.9 Å². The van der Waals surface area contributed by atoms with Crippen molar-refractivity contribution in [2.45, 2.75) is 12.6 Å². The molecule has 3 aromatic heterocycles. The molecule has 0 aliphatic heterocycles.